The molecular formula is C10H13FN2O4S. The Morgan fingerprint density at radius 1 is 1.28 bits per heavy atom. The Labute approximate surface area is 103 Å². The second-order valence-corrected chi connectivity index (χ2v) is 6.05. The summed E-state index contributed by atoms with van der Waals surface area (Å²) in [6, 6.07) is 3.26. The summed E-state index contributed by atoms with van der Waals surface area (Å²) in [5, 5.41) is 18.6. The summed E-state index contributed by atoms with van der Waals surface area (Å²) in [4.78, 5) is -0.516. The van der Waals surface area contributed by atoms with Crippen LogP contribution in [0.1, 0.15) is 0 Å². The molecule has 0 spiro atoms. The second kappa shape index (κ2) is 4.47. The van der Waals surface area contributed by atoms with Gasteiger partial charge in [-0.2, -0.15) is 4.31 Å². The molecule has 0 unspecified atom stereocenters. The molecular weight excluding hydrogens is 263 g/mol. The van der Waals surface area contributed by atoms with E-state index >= 15 is 0 Å². The van der Waals surface area contributed by atoms with Crippen molar-refractivity contribution in [3.05, 3.63) is 24.0 Å². The van der Waals surface area contributed by atoms with Crippen LogP contribution in [0.2, 0.25) is 0 Å². The first-order valence-corrected chi connectivity index (χ1v) is 6.67. The van der Waals surface area contributed by atoms with Gasteiger partial charge in [0.05, 0.1) is 12.2 Å². The van der Waals surface area contributed by atoms with Gasteiger partial charge in [0, 0.05) is 18.8 Å². The standard InChI is InChI=1S/C10H13FN2O4S/c11-7-3-6(12)1-2-10(7)18(16,17)13-4-8(14)9(15)5-13/h1-3,8-9,14-15H,4-5,12H2/t8-,9+. The molecule has 4 N–H and O–H groups in total. The molecule has 6 nitrogen and oxygen atoms in total. The first kappa shape index (κ1) is 13.2. The summed E-state index contributed by atoms with van der Waals surface area (Å²) < 4.78 is 38.6. The number of hydrogen-bond acceptors (Lipinski definition) is 5. The van der Waals surface area contributed by atoms with E-state index in [1.807, 2.05) is 0 Å². The first-order valence-electron chi connectivity index (χ1n) is 5.23. The molecule has 2 atom stereocenters. The Hall–Kier alpha value is -1.22. The van der Waals surface area contributed by atoms with Crippen molar-refractivity contribution in [1.29, 1.82) is 0 Å². The maximum atomic E-state index is 13.6. The van der Waals surface area contributed by atoms with Gasteiger partial charge in [-0.05, 0) is 18.2 Å². The summed E-state index contributed by atoms with van der Waals surface area (Å²) in [5.74, 6) is -0.953. The number of anilines is 1. The lowest BCUT2D eigenvalue weighted by Crippen LogP contribution is -2.30. The first-order chi connectivity index (χ1) is 8.32. The summed E-state index contributed by atoms with van der Waals surface area (Å²) in [7, 11) is -4.07. The highest BCUT2D eigenvalue weighted by Crippen LogP contribution is 2.24. The van der Waals surface area contributed by atoms with Crippen LogP contribution >= 0.6 is 0 Å². The van der Waals surface area contributed by atoms with Crippen LogP contribution in [0.25, 0.3) is 0 Å². The molecule has 1 saturated heterocycles. The van der Waals surface area contributed by atoms with E-state index in [9.17, 15) is 23.0 Å². The Bertz CT molecular complexity index is 553. The van der Waals surface area contributed by atoms with Gasteiger partial charge in [-0.3, -0.25) is 0 Å². The highest BCUT2D eigenvalue weighted by Gasteiger charge is 2.38. The van der Waals surface area contributed by atoms with E-state index < -0.39 is 32.9 Å². The number of aliphatic hydroxyl groups is 2. The zero-order chi connectivity index (χ0) is 13.5. The molecule has 2 rings (SSSR count). The maximum Gasteiger partial charge on any atom is 0.246 e. The molecule has 0 aromatic heterocycles. The molecule has 1 heterocycles. The van der Waals surface area contributed by atoms with Crippen LogP contribution in [-0.4, -0.2) is 48.2 Å². The summed E-state index contributed by atoms with van der Waals surface area (Å²) in [5.41, 5.74) is 5.46. The lowest BCUT2D eigenvalue weighted by molar-refractivity contribution is 0.0572. The zero-order valence-electron chi connectivity index (χ0n) is 9.32. The number of nitrogen functional groups attached to an aromatic ring is 1. The molecule has 1 fully saturated rings. The van der Waals surface area contributed by atoms with Crippen molar-refractivity contribution in [3.63, 3.8) is 0 Å². The highest BCUT2D eigenvalue weighted by molar-refractivity contribution is 7.89. The third-order valence-electron chi connectivity index (χ3n) is 2.80. The molecule has 0 saturated carbocycles. The number of β-amino-alcohol motifs (C(OH)–C–C–N with tert-alkyl or cyclic N) is 2. The average Bonchev–Trinajstić information content (AvgIpc) is 2.59. The van der Waals surface area contributed by atoms with Crippen molar-refractivity contribution in [2.45, 2.75) is 17.1 Å². The van der Waals surface area contributed by atoms with Gasteiger partial charge in [-0.25, -0.2) is 12.8 Å². The van der Waals surface area contributed by atoms with Gasteiger partial charge < -0.3 is 15.9 Å². The van der Waals surface area contributed by atoms with Crippen molar-refractivity contribution < 1.29 is 23.0 Å². The number of benzene rings is 1. The summed E-state index contributed by atoms with van der Waals surface area (Å²) in [6.07, 6.45) is -2.31. The Morgan fingerprint density at radius 2 is 1.83 bits per heavy atom. The Morgan fingerprint density at radius 3 is 2.33 bits per heavy atom. The van der Waals surface area contributed by atoms with Crippen LogP contribution in [0.4, 0.5) is 10.1 Å². The van der Waals surface area contributed by atoms with E-state index in [1.165, 1.54) is 6.07 Å². The topological polar surface area (TPSA) is 104 Å². The third kappa shape index (κ3) is 2.19. The fourth-order valence-electron chi connectivity index (χ4n) is 1.80. The van der Waals surface area contributed by atoms with Crippen LogP contribution in [0.3, 0.4) is 0 Å². The average molecular weight is 276 g/mol. The maximum absolute atomic E-state index is 13.6. The van der Waals surface area contributed by atoms with Crippen LogP contribution in [-0.2, 0) is 10.0 Å². The van der Waals surface area contributed by atoms with Crippen LogP contribution in [0.15, 0.2) is 23.1 Å². The molecule has 0 bridgehead atoms. The predicted octanol–water partition coefficient (Wildman–Crippen LogP) is -0.866. The van der Waals surface area contributed by atoms with Crippen molar-refractivity contribution in [1.82, 2.24) is 4.31 Å². The molecule has 18 heavy (non-hydrogen) atoms. The molecule has 0 amide bonds. The van der Waals surface area contributed by atoms with Crippen LogP contribution in [0, 0.1) is 5.82 Å². The Balaban J connectivity index is 2.37. The minimum absolute atomic E-state index is 0.118. The van der Waals surface area contributed by atoms with Crippen molar-refractivity contribution in [3.8, 4) is 0 Å². The minimum Gasteiger partial charge on any atom is -0.399 e. The Kier molecular flexibility index (Phi) is 3.28. The van der Waals surface area contributed by atoms with E-state index in [-0.39, 0.29) is 18.8 Å². The minimum atomic E-state index is -4.07. The third-order valence-corrected chi connectivity index (χ3v) is 4.66. The van der Waals surface area contributed by atoms with Gasteiger partial charge in [0.15, 0.2) is 0 Å². The van der Waals surface area contributed by atoms with Crippen LogP contribution in [0.5, 0.6) is 0 Å². The van der Waals surface area contributed by atoms with Gasteiger partial charge >= 0.3 is 0 Å². The van der Waals surface area contributed by atoms with Gasteiger partial charge in [-0.1, -0.05) is 0 Å². The van der Waals surface area contributed by atoms with E-state index in [0.29, 0.717) is 0 Å². The molecule has 100 valence electrons. The van der Waals surface area contributed by atoms with Crippen LogP contribution < -0.4 is 5.73 Å². The fourth-order valence-corrected chi connectivity index (χ4v) is 3.32. The number of hydrogen-bond donors (Lipinski definition) is 3. The largest absolute Gasteiger partial charge is 0.399 e. The van der Waals surface area contributed by atoms with E-state index in [4.69, 9.17) is 5.73 Å². The number of halogens is 1. The summed E-state index contributed by atoms with van der Waals surface area (Å²) >= 11 is 0. The van der Waals surface area contributed by atoms with E-state index in [1.54, 1.807) is 0 Å². The van der Waals surface area contributed by atoms with Crippen molar-refractivity contribution >= 4 is 15.7 Å². The molecule has 0 aliphatic carbocycles. The molecule has 1 aliphatic rings. The predicted molar refractivity (Wildman–Crippen MR) is 61.6 cm³/mol. The van der Waals surface area contributed by atoms with Gasteiger partial charge in [0.2, 0.25) is 10.0 Å². The SMILES string of the molecule is Nc1ccc(S(=O)(=O)N2C[C@@H](O)[C@@H](O)C2)c(F)c1. The smallest absolute Gasteiger partial charge is 0.246 e. The zero-order valence-corrected chi connectivity index (χ0v) is 10.1. The molecule has 0 radical (unpaired) electrons. The van der Waals surface area contributed by atoms with E-state index in [0.717, 1.165) is 16.4 Å². The van der Waals surface area contributed by atoms with Crippen molar-refractivity contribution in [2.75, 3.05) is 18.8 Å². The van der Waals surface area contributed by atoms with E-state index in [2.05, 4.69) is 0 Å². The van der Waals surface area contributed by atoms with Gasteiger partial charge in [-0.15, -0.1) is 0 Å². The van der Waals surface area contributed by atoms with Gasteiger partial charge in [0.1, 0.15) is 10.7 Å². The monoisotopic (exact) mass is 276 g/mol. The normalized spacial score (nSPS) is 25.5. The van der Waals surface area contributed by atoms with Gasteiger partial charge in [0.25, 0.3) is 0 Å². The molecule has 1 aromatic carbocycles. The fraction of sp³-hybridized carbons (Fsp3) is 0.400. The number of aliphatic hydroxyl groups excluding tert-OH is 2. The highest BCUT2D eigenvalue weighted by atomic mass is 32.2. The summed E-state index contributed by atoms with van der Waals surface area (Å²) in [6.45, 7) is -0.513. The molecule has 1 aromatic rings. The molecule has 8 heteroatoms. The lowest BCUT2D eigenvalue weighted by Gasteiger charge is -2.16. The second-order valence-electron chi connectivity index (χ2n) is 4.15. The van der Waals surface area contributed by atoms with Crippen molar-refractivity contribution in [2.24, 2.45) is 0 Å². The number of rotatable bonds is 2. The lowest BCUT2D eigenvalue weighted by atomic mass is 10.3. The number of nitrogens with two attached hydrogens (primary N) is 1. The quantitative estimate of drug-likeness (QED) is 0.609. The number of nitrogens with zero attached hydrogens (tertiary/aromatic N) is 1. The number of sulfonamides is 1. The molecule has 1 aliphatic heterocycles.